The maximum atomic E-state index is 13.5. The van der Waals surface area contributed by atoms with Crippen molar-refractivity contribution in [2.45, 2.75) is 63.0 Å². The van der Waals surface area contributed by atoms with Crippen molar-refractivity contribution in [2.24, 2.45) is 0 Å². The predicted octanol–water partition coefficient (Wildman–Crippen LogP) is 6.24. The second kappa shape index (κ2) is 9.55. The largest absolute Gasteiger partial charge is 0.586 e. The molecule has 2 N–H and O–H groups in total. The quantitative estimate of drug-likeness (QED) is 0.345. The molecule has 0 saturated heterocycles. The van der Waals surface area contributed by atoms with Crippen molar-refractivity contribution < 1.29 is 27.3 Å². The number of nitrogens with one attached hydrogen (secondary N) is 2. The van der Waals surface area contributed by atoms with Crippen LogP contribution in [0.3, 0.4) is 0 Å². The molecule has 0 radical (unpaired) electrons. The summed E-state index contributed by atoms with van der Waals surface area (Å²) >= 11 is 7.78. The molecule has 1 aliphatic heterocycles. The van der Waals surface area contributed by atoms with E-state index in [1.165, 1.54) is 23.5 Å². The van der Waals surface area contributed by atoms with Crippen LogP contribution in [0.25, 0.3) is 0 Å². The van der Waals surface area contributed by atoms with Crippen molar-refractivity contribution in [1.29, 1.82) is 0 Å². The van der Waals surface area contributed by atoms with Gasteiger partial charge < -0.3 is 14.8 Å². The maximum Gasteiger partial charge on any atom is 0.586 e. The molecule has 0 bridgehead atoms. The van der Waals surface area contributed by atoms with Crippen molar-refractivity contribution in [3.05, 3.63) is 69.2 Å². The van der Waals surface area contributed by atoms with Crippen molar-refractivity contribution in [2.75, 3.05) is 5.32 Å². The number of carbonyl (C=O) groups excluding carboxylic acids is 1. The predicted molar refractivity (Wildman–Crippen MR) is 143 cm³/mol. The van der Waals surface area contributed by atoms with Crippen molar-refractivity contribution in [3.8, 4) is 11.5 Å². The molecule has 5 rings (SSSR count). The molecule has 38 heavy (non-hydrogen) atoms. The number of thiazole rings is 1. The number of aromatic nitrogens is 1. The van der Waals surface area contributed by atoms with Crippen LogP contribution in [0.2, 0.25) is 5.02 Å². The van der Waals surface area contributed by atoms with Crippen LogP contribution in [0.1, 0.15) is 61.4 Å². The first-order valence-electron chi connectivity index (χ1n) is 11.9. The number of benzene rings is 2. The molecule has 2 atom stereocenters. The van der Waals surface area contributed by atoms with E-state index < -0.39 is 33.5 Å². The van der Waals surface area contributed by atoms with Crippen LogP contribution in [0, 0.1) is 6.92 Å². The minimum absolute atomic E-state index is 0.0686. The molecule has 1 aliphatic carbocycles. The fourth-order valence-electron chi connectivity index (χ4n) is 4.22. The zero-order chi connectivity index (χ0) is 27.5. The van der Waals surface area contributed by atoms with Gasteiger partial charge in [0, 0.05) is 5.02 Å². The van der Waals surface area contributed by atoms with E-state index >= 15 is 0 Å². The van der Waals surface area contributed by atoms with Crippen molar-refractivity contribution in [3.63, 3.8) is 0 Å². The first-order chi connectivity index (χ1) is 17.8. The highest BCUT2D eigenvalue weighted by molar-refractivity contribution is 7.84. The molecule has 1 amide bonds. The third-order valence-electron chi connectivity index (χ3n) is 6.45. The fraction of sp³-hybridized carbons (Fsp3) is 0.385. The van der Waals surface area contributed by atoms with E-state index in [2.05, 4.69) is 24.5 Å². The third-order valence-corrected chi connectivity index (χ3v) is 9.50. The number of nitrogens with zero attached hydrogens (tertiary/aromatic N) is 1. The number of halogens is 3. The smallest absolute Gasteiger partial charge is 0.395 e. The molecule has 12 heteroatoms. The Morgan fingerprint density at radius 1 is 1.16 bits per heavy atom. The van der Waals surface area contributed by atoms with Gasteiger partial charge in [-0.1, -0.05) is 47.2 Å². The molecule has 3 aromatic rings. The van der Waals surface area contributed by atoms with E-state index in [1.54, 1.807) is 12.1 Å². The highest BCUT2D eigenvalue weighted by Gasteiger charge is 2.53. The topological polar surface area (TPSA) is 89.6 Å². The number of hydrogen-bond donors (Lipinski definition) is 2. The van der Waals surface area contributed by atoms with Crippen LogP contribution < -0.4 is 19.5 Å². The Morgan fingerprint density at radius 2 is 1.84 bits per heavy atom. The Balaban J connectivity index is 1.41. The maximum absolute atomic E-state index is 13.5. The summed E-state index contributed by atoms with van der Waals surface area (Å²) in [5, 5.41) is 3.79. The molecule has 1 fully saturated rings. The van der Waals surface area contributed by atoms with Crippen LogP contribution in [0.5, 0.6) is 11.5 Å². The number of carbonyl (C=O) groups is 1. The summed E-state index contributed by atoms with van der Waals surface area (Å²) in [6.45, 7) is 7.43. The zero-order valence-electron chi connectivity index (χ0n) is 21.1. The van der Waals surface area contributed by atoms with Gasteiger partial charge in [-0.3, -0.25) is 4.79 Å². The highest BCUT2D eigenvalue weighted by Crippen LogP contribution is 2.52. The Morgan fingerprint density at radius 3 is 2.50 bits per heavy atom. The van der Waals surface area contributed by atoms with E-state index in [9.17, 15) is 17.8 Å². The minimum atomic E-state index is -3.72. The van der Waals surface area contributed by atoms with Gasteiger partial charge in [-0.15, -0.1) is 8.78 Å². The standard InChI is InChI=1S/C26H26ClF2N3O4S2/c1-14-21(20(32-38(34)24(2,3)4)16-7-5-6-8-17(16)27)37-23(30-14)31-22(33)25(11-12-25)15-9-10-18-19(13-15)36-26(28,29)35-18/h5-10,13,20,32H,11-12H2,1-4H3,(H,30,31,33)/t20-,38-/m0/s1. The van der Waals surface area contributed by atoms with Crippen LogP contribution in [-0.4, -0.2) is 26.1 Å². The molecule has 202 valence electrons. The van der Waals surface area contributed by atoms with E-state index in [4.69, 9.17) is 11.6 Å². The van der Waals surface area contributed by atoms with Gasteiger partial charge >= 0.3 is 6.29 Å². The number of amides is 1. The van der Waals surface area contributed by atoms with E-state index in [0.717, 1.165) is 10.4 Å². The molecule has 1 aromatic heterocycles. The van der Waals surface area contributed by atoms with Gasteiger partial charge in [0.15, 0.2) is 16.6 Å². The van der Waals surface area contributed by atoms with Gasteiger partial charge in [0.2, 0.25) is 5.91 Å². The molecule has 7 nitrogen and oxygen atoms in total. The van der Waals surface area contributed by atoms with Gasteiger partial charge in [-0.2, -0.15) is 0 Å². The minimum Gasteiger partial charge on any atom is -0.395 e. The molecule has 2 aromatic carbocycles. The summed E-state index contributed by atoms with van der Waals surface area (Å²) in [6, 6.07) is 11.2. The van der Waals surface area contributed by atoms with Crippen LogP contribution >= 0.6 is 22.9 Å². The lowest BCUT2D eigenvalue weighted by Crippen LogP contribution is -2.36. The van der Waals surface area contributed by atoms with Gasteiger partial charge in [0.05, 0.1) is 37.8 Å². The lowest BCUT2D eigenvalue weighted by atomic mass is 9.94. The lowest BCUT2D eigenvalue weighted by Gasteiger charge is -2.25. The summed E-state index contributed by atoms with van der Waals surface area (Å²) < 4.78 is 51.7. The number of fused-ring (bicyclic) bond motifs is 1. The number of ether oxygens (including phenoxy) is 2. The van der Waals surface area contributed by atoms with Crippen LogP contribution in [0.4, 0.5) is 13.9 Å². The lowest BCUT2D eigenvalue weighted by molar-refractivity contribution is -0.286. The summed E-state index contributed by atoms with van der Waals surface area (Å²) in [4.78, 5) is 18.7. The molecule has 2 aliphatic rings. The van der Waals surface area contributed by atoms with E-state index in [1.807, 2.05) is 45.9 Å². The van der Waals surface area contributed by atoms with Crippen molar-refractivity contribution in [1.82, 2.24) is 9.71 Å². The average molecular weight is 582 g/mol. The Labute approximate surface area is 230 Å². The van der Waals surface area contributed by atoms with Crippen LogP contribution in [0.15, 0.2) is 42.5 Å². The summed E-state index contributed by atoms with van der Waals surface area (Å²) in [5.74, 6) is -0.454. The number of anilines is 1. The second-order valence-electron chi connectivity index (χ2n) is 10.3. The molecule has 0 spiro atoms. The van der Waals surface area contributed by atoms with E-state index in [-0.39, 0.29) is 17.4 Å². The second-order valence-corrected chi connectivity index (χ2v) is 13.7. The van der Waals surface area contributed by atoms with Crippen LogP contribution in [-0.2, 0) is 21.2 Å². The number of alkyl halides is 2. The first kappa shape index (κ1) is 27.0. The Kier molecular flexibility index (Phi) is 6.78. The molecular weight excluding hydrogens is 556 g/mol. The van der Waals surface area contributed by atoms with Gasteiger partial charge in [-0.05, 0) is 69.9 Å². The molecule has 2 heterocycles. The molecule has 1 saturated carbocycles. The molecule has 0 unspecified atom stereocenters. The highest BCUT2D eigenvalue weighted by atomic mass is 35.5. The third kappa shape index (κ3) is 5.16. The number of hydrogen-bond acceptors (Lipinski definition) is 6. The van der Waals surface area contributed by atoms with Gasteiger partial charge in [0.25, 0.3) is 0 Å². The van der Waals surface area contributed by atoms with Gasteiger partial charge in [0.1, 0.15) is 0 Å². The molecular formula is C26H26ClF2N3O4S2. The number of aryl methyl sites for hydroxylation is 1. The summed E-state index contributed by atoms with van der Waals surface area (Å²) in [5.41, 5.74) is 1.10. The summed E-state index contributed by atoms with van der Waals surface area (Å²) in [6.07, 6.45) is -2.61. The number of rotatable bonds is 7. The first-order valence-corrected chi connectivity index (χ1v) is 14.3. The van der Waals surface area contributed by atoms with Gasteiger partial charge in [-0.25, -0.2) is 13.9 Å². The SMILES string of the molecule is Cc1nc(NC(=O)C2(c3ccc4c(c3)OC(F)(F)O4)CC2)sc1[C@@H](N[S@@](=O)C(C)(C)C)c1ccccc1Cl. The Bertz CT molecular complexity index is 1440. The fourth-order valence-corrected chi connectivity index (χ4v) is 6.38. The monoisotopic (exact) mass is 581 g/mol. The van der Waals surface area contributed by atoms with Crippen molar-refractivity contribution >= 4 is 45.0 Å². The Hall–Kier alpha value is -2.60. The zero-order valence-corrected chi connectivity index (χ0v) is 23.5. The summed E-state index contributed by atoms with van der Waals surface area (Å²) in [7, 11) is -1.41. The average Bonchev–Trinajstić information content (AvgIpc) is 3.47. The normalized spacial score (nSPS) is 18.6. The van der Waals surface area contributed by atoms with E-state index in [0.29, 0.717) is 34.3 Å².